The van der Waals surface area contributed by atoms with Crippen molar-refractivity contribution in [3.05, 3.63) is 34.6 Å². The second kappa shape index (κ2) is 6.81. The minimum Gasteiger partial charge on any atom is -0.493 e. The van der Waals surface area contributed by atoms with Gasteiger partial charge in [0.05, 0.1) is 27.9 Å². The van der Waals surface area contributed by atoms with Gasteiger partial charge in [0, 0.05) is 30.8 Å². The Morgan fingerprint density at radius 3 is 2.50 bits per heavy atom. The molecule has 1 aliphatic rings. The van der Waals surface area contributed by atoms with Crippen molar-refractivity contribution in [1.82, 2.24) is 15.1 Å². The van der Waals surface area contributed by atoms with Crippen molar-refractivity contribution < 1.29 is 14.2 Å². The molecule has 0 unspecified atom stereocenters. The molecule has 0 amide bonds. The van der Waals surface area contributed by atoms with Crippen LogP contribution < -0.4 is 19.5 Å². The molecule has 7 nitrogen and oxygen atoms in total. The lowest BCUT2D eigenvalue weighted by Crippen LogP contribution is -2.25. The van der Waals surface area contributed by atoms with Gasteiger partial charge >= 0.3 is 0 Å². The highest BCUT2D eigenvalue weighted by Crippen LogP contribution is 2.38. The molecule has 0 spiro atoms. The van der Waals surface area contributed by atoms with Crippen LogP contribution in [-0.2, 0) is 19.5 Å². The predicted octanol–water partition coefficient (Wildman–Crippen LogP) is 1.47. The molecule has 0 saturated heterocycles. The molecule has 1 aliphatic heterocycles. The predicted molar refractivity (Wildman–Crippen MR) is 87.6 cm³/mol. The molecule has 24 heavy (non-hydrogen) atoms. The van der Waals surface area contributed by atoms with E-state index in [9.17, 15) is 5.26 Å². The molecular formula is C17H20N4O3. The number of methoxy groups -OCH3 is 3. The van der Waals surface area contributed by atoms with Gasteiger partial charge < -0.3 is 19.5 Å². The van der Waals surface area contributed by atoms with Crippen LogP contribution in [0.4, 0.5) is 0 Å². The van der Waals surface area contributed by atoms with E-state index in [0.29, 0.717) is 36.0 Å². The first-order valence-corrected chi connectivity index (χ1v) is 7.70. The van der Waals surface area contributed by atoms with Gasteiger partial charge in [-0.05, 0) is 17.7 Å². The van der Waals surface area contributed by atoms with Gasteiger partial charge in [-0.2, -0.15) is 10.4 Å². The van der Waals surface area contributed by atoms with Crippen LogP contribution in [0, 0.1) is 11.3 Å². The number of ether oxygens (including phenoxy) is 3. The average molecular weight is 328 g/mol. The van der Waals surface area contributed by atoms with E-state index in [-0.39, 0.29) is 0 Å². The van der Waals surface area contributed by atoms with E-state index in [1.807, 2.05) is 16.8 Å². The number of rotatable bonds is 5. The largest absolute Gasteiger partial charge is 0.493 e. The quantitative estimate of drug-likeness (QED) is 0.895. The third kappa shape index (κ3) is 2.76. The van der Waals surface area contributed by atoms with Gasteiger partial charge in [-0.3, -0.25) is 4.68 Å². The summed E-state index contributed by atoms with van der Waals surface area (Å²) in [6, 6.07) is 5.99. The fourth-order valence-corrected chi connectivity index (χ4v) is 3.04. The van der Waals surface area contributed by atoms with E-state index in [0.717, 1.165) is 29.8 Å². The third-order valence-corrected chi connectivity index (χ3v) is 4.17. The van der Waals surface area contributed by atoms with Gasteiger partial charge in [0.2, 0.25) is 5.75 Å². The Morgan fingerprint density at radius 2 is 1.92 bits per heavy atom. The highest BCUT2D eigenvalue weighted by Gasteiger charge is 2.21. The lowest BCUT2D eigenvalue weighted by atomic mass is 10.1. The third-order valence-electron chi connectivity index (χ3n) is 4.17. The Labute approximate surface area is 140 Å². The zero-order valence-corrected chi connectivity index (χ0v) is 14.0. The van der Waals surface area contributed by atoms with Gasteiger partial charge in [-0.1, -0.05) is 0 Å². The van der Waals surface area contributed by atoms with Crippen LogP contribution in [-0.4, -0.2) is 37.7 Å². The molecule has 1 aromatic carbocycles. The normalized spacial score (nSPS) is 13.1. The zero-order valence-electron chi connectivity index (χ0n) is 14.0. The van der Waals surface area contributed by atoms with E-state index in [4.69, 9.17) is 14.2 Å². The summed E-state index contributed by atoms with van der Waals surface area (Å²) in [6.07, 6.45) is 0.856. The number of nitriles is 1. The van der Waals surface area contributed by atoms with Crippen LogP contribution >= 0.6 is 0 Å². The van der Waals surface area contributed by atoms with E-state index >= 15 is 0 Å². The summed E-state index contributed by atoms with van der Waals surface area (Å²) in [5.74, 6) is 1.78. The first kappa shape index (κ1) is 16.1. The van der Waals surface area contributed by atoms with Crippen molar-refractivity contribution in [2.75, 3.05) is 27.9 Å². The highest BCUT2D eigenvalue weighted by molar-refractivity contribution is 5.54. The zero-order chi connectivity index (χ0) is 17.1. The maximum Gasteiger partial charge on any atom is 0.203 e. The number of aromatic nitrogens is 2. The van der Waals surface area contributed by atoms with Crippen molar-refractivity contribution in [3.8, 4) is 23.3 Å². The molecule has 3 rings (SSSR count). The maximum absolute atomic E-state index is 9.30. The van der Waals surface area contributed by atoms with Gasteiger partial charge in [0.1, 0.15) is 6.07 Å². The van der Waals surface area contributed by atoms with E-state index in [2.05, 4.69) is 16.5 Å². The summed E-state index contributed by atoms with van der Waals surface area (Å²) in [7, 11) is 4.77. The van der Waals surface area contributed by atoms with E-state index in [1.165, 1.54) is 0 Å². The smallest absolute Gasteiger partial charge is 0.203 e. The fraction of sp³-hybridized carbons (Fsp3) is 0.412. The molecule has 2 heterocycles. The number of benzene rings is 1. The van der Waals surface area contributed by atoms with Crippen molar-refractivity contribution >= 4 is 0 Å². The molecule has 0 fully saturated rings. The summed E-state index contributed by atoms with van der Waals surface area (Å²) < 4.78 is 18.0. The minimum absolute atomic E-state index is 0.490. The molecule has 7 heteroatoms. The molecule has 0 bridgehead atoms. The molecule has 126 valence electrons. The monoisotopic (exact) mass is 328 g/mol. The van der Waals surface area contributed by atoms with Crippen LogP contribution in [0.25, 0.3) is 0 Å². The average Bonchev–Trinajstić information content (AvgIpc) is 2.98. The summed E-state index contributed by atoms with van der Waals surface area (Å²) in [4.78, 5) is 0. The van der Waals surface area contributed by atoms with Crippen LogP contribution in [0.5, 0.6) is 17.2 Å². The Kier molecular flexibility index (Phi) is 4.58. The number of hydrogen-bond acceptors (Lipinski definition) is 6. The molecular weight excluding hydrogens is 308 g/mol. The first-order chi connectivity index (χ1) is 11.7. The molecule has 2 aromatic rings. The number of nitrogens with zero attached hydrogens (tertiary/aromatic N) is 3. The Hall–Kier alpha value is -2.72. The van der Waals surface area contributed by atoms with E-state index in [1.54, 1.807) is 21.3 Å². The molecule has 0 aliphatic carbocycles. The summed E-state index contributed by atoms with van der Waals surface area (Å²) in [5.41, 5.74) is 3.57. The molecule has 0 atom stereocenters. The van der Waals surface area contributed by atoms with Gasteiger partial charge in [-0.15, -0.1) is 0 Å². The second-order valence-corrected chi connectivity index (χ2v) is 5.50. The standard InChI is InChI=1S/C17H20N4O3/c1-22-15-6-11(7-16(23-2)17(15)24-3)10-21-14-4-5-19-9-12(14)13(8-18)20-21/h6-7,19H,4-5,9-10H2,1-3H3. The van der Waals surface area contributed by atoms with Crippen LogP contribution in [0.3, 0.4) is 0 Å². The lowest BCUT2D eigenvalue weighted by Gasteiger charge is -2.17. The van der Waals surface area contributed by atoms with Gasteiger partial charge in [0.15, 0.2) is 17.2 Å². The first-order valence-electron chi connectivity index (χ1n) is 7.70. The van der Waals surface area contributed by atoms with Crippen LogP contribution in [0.15, 0.2) is 12.1 Å². The van der Waals surface area contributed by atoms with E-state index < -0.39 is 0 Å². The fourth-order valence-electron chi connectivity index (χ4n) is 3.04. The highest BCUT2D eigenvalue weighted by atomic mass is 16.5. The molecule has 1 aromatic heterocycles. The van der Waals surface area contributed by atoms with Gasteiger partial charge in [0.25, 0.3) is 0 Å². The second-order valence-electron chi connectivity index (χ2n) is 5.50. The van der Waals surface area contributed by atoms with Crippen molar-refractivity contribution in [2.45, 2.75) is 19.5 Å². The van der Waals surface area contributed by atoms with Gasteiger partial charge in [-0.25, -0.2) is 0 Å². The van der Waals surface area contributed by atoms with Crippen molar-refractivity contribution in [1.29, 1.82) is 5.26 Å². The maximum atomic E-state index is 9.30. The van der Waals surface area contributed by atoms with Crippen molar-refractivity contribution in [2.24, 2.45) is 0 Å². The Morgan fingerprint density at radius 1 is 1.21 bits per heavy atom. The topological polar surface area (TPSA) is 81.3 Å². The molecule has 1 N–H and O–H groups in total. The van der Waals surface area contributed by atoms with Crippen LogP contribution in [0.1, 0.15) is 22.5 Å². The number of fused-ring (bicyclic) bond motifs is 1. The number of hydrogen-bond donors (Lipinski definition) is 1. The minimum atomic E-state index is 0.490. The lowest BCUT2D eigenvalue weighted by molar-refractivity contribution is 0.323. The number of nitrogens with one attached hydrogen (secondary N) is 1. The Bertz CT molecular complexity index is 767. The molecule has 0 radical (unpaired) electrons. The molecule has 0 saturated carbocycles. The summed E-state index contributed by atoms with van der Waals surface area (Å²) >= 11 is 0. The SMILES string of the molecule is COc1cc(Cn2nc(C#N)c3c2CCNC3)cc(OC)c1OC. The summed E-state index contributed by atoms with van der Waals surface area (Å²) in [5, 5.41) is 17.0. The summed E-state index contributed by atoms with van der Waals surface area (Å²) in [6.45, 7) is 2.12. The van der Waals surface area contributed by atoms with Crippen molar-refractivity contribution in [3.63, 3.8) is 0 Å². The Balaban J connectivity index is 2.00. The van der Waals surface area contributed by atoms with Crippen LogP contribution in [0.2, 0.25) is 0 Å².